The molecule has 0 saturated carbocycles. The van der Waals surface area contributed by atoms with E-state index in [1.165, 1.54) is 6.26 Å². The van der Waals surface area contributed by atoms with Crippen LogP contribution in [-0.2, 0) is 15.0 Å². The maximum atomic E-state index is 14.2. The molecule has 3 aliphatic rings. The summed E-state index contributed by atoms with van der Waals surface area (Å²) in [5.74, 6) is -1.54. The molecule has 6 heteroatoms. The van der Waals surface area contributed by atoms with Gasteiger partial charge in [0.15, 0.2) is 11.5 Å². The molecule has 0 bridgehead atoms. The number of benzene rings is 2. The van der Waals surface area contributed by atoms with Gasteiger partial charge in [-0.1, -0.05) is 69.3 Å². The lowest BCUT2D eigenvalue weighted by Gasteiger charge is -2.38. The Morgan fingerprint density at radius 1 is 1.00 bits per heavy atom. The minimum Gasteiger partial charge on any atom is -0.461 e. The molecule has 176 valence electrons. The van der Waals surface area contributed by atoms with Crippen LogP contribution in [0.2, 0.25) is 0 Å². The summed E-state index contributed by atoms with van der Waals surface area (Å²) in [4.78, 5) is 44.5. The molecule has 1 fully saturated rings. The van der Waals surface area contributed by atoms with Gasteiger partial charge in [-0.15, -0.1) is 0 Å². The molecule has 1 saturated heterocycles. The molecular formula is C29H26N2O4. The number of ketones is 2. The number of anilines is 2. The Hall–Kier alpha value is -3.93. The second-order valence-electron chi connectivity index (χ2n) is 10.5. The summed E-state index contributed by atoms with van der Waals surface area (Å²) in [5, 5.41) is 3.02. The fourth-order valence-electron chi connectivity index (χ4n) is 6.14. The molecule has 4 heterocycles. The van der Waals surface area contributed by atoms with Crippen molar-refractivity contribution in [2.75, 3.05) is 10.2 Å². The SMILES string of the molecule is CC(C)(C)C(=O)C1C(C(=O)c2ccco2)C2(C(=O)Nc3ccccc32)C2C=Cc3ccccc3N12. The summed E-state index contributed by atoms with van der Waals surface area (Å²) in [6, 6.07) is 17.2. The number of hydrogen-bond acceptors (Lipinski definition) is 5. The Morgan fingerprint density at radius 2 is 1.74 bits per heavy atom. The number of carbonyl (C=O) groups excluding carboxylic acids is 3. The number of amides is 1. The zero-order valence-corrected chi connectivity index (χ0v) is 19.8. The molecule has 3 aliphatic heterocycles. The first-order chi connectivity index (χ1) is 16.8. The van der Waals surface area contributed by atoms with E-state index in [2.05, 4.69) is 5.32 Å². The third-order valence-electron chi connectivity index (χ3n) is 7.60. The first-order valence-electron chi connectivity index (χ1n) is 11.8. The number of nitrogens with one attached hydrogen (secondary N) is 1. The van der Waals surface area contributed by atoms with Gasteiger partial charge in [-0.05, 0) is 35.4 Å². The first-order valence-corrected chi connectivity index (χ1v) is 11.8. The van der Waals surface area contributed by atoms with Crippen LogP contribution in [0.25, 0.3) is 6.08 Å². The molecule has 3 aromatic rings. The van der Waals surface area contributed by atoms with Crippen LogP contribution in [0.4, 0.5) is 11.4 Å². The molecule has 6 rings (SSSR count). The molecule has 0 aliphatic carbocycles. The van der Waals surface area contributed by atoms with Crippen LogP contribution in [0.1, 0.15) is 42.5 Å². The highest BCUT2D eigenvalue weighted by atomic mass is 16.3. The summed E-state index contributed by atoms with van der Waals surface area (Å²) < 4.78 is 5.54. The number of furan rings is 1. The molecule has 6 nitrogen and oxygen atoms in total. The van der Waals surface area contributed by atoms with Gasteiger partial charge in [-0.2, -0.15) is 0 Å². The van der Waals surface area contributed by atoms with Crippen LogP contribution in [0, 0.1) is 11.3 Å². The molecule has 1 amide bonds. The first kappa shape index (κ1) is 21.6. The Kier molecular flexibility index (Phi) is 4.49. The zero-order chi connectivity index (χ0) is 24.5. The fraction of sp³-hybridized carbons (Fsp3) is 0.276. The normalized spacial score (nSPS) is 26.3. The van der Waals surface area contributed by atoms with E-state index < -0.39 is 28.8 Å². The van der Waals surface area contributed by atoms with E-state index in [0.29, 0.717) is 5.69 Å². The van der Waals surface area contributed by atoms with Gasteiger partial charge in [0.25, 0.3) is 0 Å². The Labute approximate surface area is 203 Å². The largest absolute Gasteiger partial charge is 0.461 e. The van der Waals surface area contributed by atoms with Crippen LogP contribution < -0.4 is 10.2 Å². The fourth-order valence-corrected chi connectivity index (χ4v) is 6.14. The van der Waals surface area contributed by atoms with Gasteiger partial charge >= 0.3 is 0 Å². The molecule has 4 unspecified atom stereocenters. The van der Waals surface area contributed by atoms with Crippen molar-refractivity contribution in [3.8, 4) is 0 Å². The highest BCUT2D eigenvalue weighted by Gasteiger charge is 2.71. The smallest absolute Gasteiger partial charge is 0.238 e. The van der Waals surface area contributed by atoms with Crippen molar-refractivity contribution in [3.05, 3.63) is 89.9 Å². The summed E-state index contributed by atoms with van der Waals surface area (Å²) in [6.45, 7) is 5.58. The van der Waals surface area contributed by atoms with Crippen molar-refractivity contribution < 1.29 is 18.8 Å². The van der Waals surface area contributed by atoms with Gasteiger partial charge < -0.3 is 14.6 Å². The summed E-state index contributed by atoms with van der Waals surface area (Å²) in [6.07, 6.45) is 5.41. The number of rotatable bonds is 3. The minimum atomic E-state index is -1.30. The standard InChI is InChI=1S/C29H26N2O4/c1-28(2,3)26(33)24-23(25(32)21-13-8-16-35-21)29(18-10-5-6-11-19(18)30-27(29)34)22-15-14-17-9-4-7-12-20(17)31(22)24/h4-16,22-24H,1-3H3,(H,30,34). The van der Waals surface area contributed by atoms with Gasteiger partial charge in [-0.25, -0.2) is 0 Å². The van der Waals surface area contributed by atoms with Crippen molar-refractivity contribution in [1.29, 1.82) is 0 Å². The average Bonchev–Trinajstić information content (AvgIpc) is 3.55. The van der Waals surface area contributed by atoms with Crippen molar-refractivity contribution in [2.45, 2.75) is 38.3 Å². The van der Waals surface area contributed by atoms with Crippen molar-refractivity contribution in [3.63, 3.8) is 0 Å². The van der Waals surface area contributed by atoms with Crippen LogP contribution in [0.5, 0.6) is 0 Å². The third kappa shape index (κ3) is 2.80. The van der Waals surface area contributed by atoms with Crippen molar-refractivity contribution in [2.24, 2.45) is 11.3 Å². The van der Waals surface area contributed by atoms with Crippen molar-refractivity contribution in [1.82, 2.24) is 0 Å². The van der Waals surface area contributed by atoms with Gasteiger partial charge in [-0.3, -0.25) is 14.4 Å². The lowest BCUT2D eigenvalue weighted by Crippen LogP contribution is -2.51. The predicted molar refractivity (Wildman–Crippen MR) is 133 cm³/mol. The molecule has 1 N–H and O–H groups in total. The van der Waals surface area contributed by atoms with E-state index in [4.69, 9.17) is 4.42 Å². The van der Waals surface area contributed by atoms with E-state index in [9.17, 15) is 14.4 Å². The topological polar surface area (TPSA) is 79.6 Å². The lowest BCUT2D eigenvalue weighted by atomic mass is 9.63. The molecule has 2 aromatic carbocycles. The molecule has 0 radical (unpaired) electrons. The second-order valence-corrected chi connectivity index (χ2v) is 10.5. The van der Waals surface area contributed by atoms with E-state index in [1.54, 1.807) is 12.1 Å². The minimum absolute atomic E-state index is 0.0911. The Bertz CT molecular complexity index is 1400. The quantitative estimate of drug-likeness (QED) is 0.557. The molecule has 4 atom stereocenters. The number of hydrogen-bond donors (Lipinski definition) is 1. The summed E-state index contributed by atoms with van der Waals surface area (Å²) in [7, 11) is 0. The monoisotopic (exact) mass is 466 g/mol. The van der Waals surface area contributed by atoms with Gasteiger partial charge in [0.1, 0.15) is 11.5 Å². The molecule has 1 spiro atoms. The number of nitrogens with zero attached hydrogens (tertiary/aromatic N) is 1. The predicted octanol–water partition coefficient (Wildman–Crippen LogP) is 4.87. The molecular weight excluding hydrogens is 440 g/mol. The Balaban J connectivity index is 1.69. The van der Waals surface area contributed by atoms with Gasteiger partial charge in [0.2, 0.25) is 11.7 Å². The molecule has 35 heavy (non-hydrogen) atoms. The van der Waals surface area contributed by atoms with Crippen LogP contribution in [0.3, 0.4) is 0 Å². The lowest BCUT2D eigenvalue weighted by molar-refractivity contribution is -0.128. The highest BCUT2D eigenvalue weighted by molar-refractivity contribution is 6.16. The summed E-state index contributed by atoms with van der Waals surface area (Å²) in [5.41, 5.74) is 1.16. The number of para-hydroxylation sites is 2. The number of Topliss-reactive ketones (excluding diaryl/α,β-unsaturated/α-hetero) is 2. The van der Waals surface area contributed by atoms with E-state index in [0.717, 1.165) is 16.8 Å². The van der Waals surface area contributed by atoms with Gasteiger partial charge in [0, 0.05) is 16.8 Å². The van der Waals surface area contributed by atoms with Crippen LogP contribution in [-0.4, -0.2) is 29.6 Å². The van der Waals surface area contributed by atoms with Crippen LogP contribution in [0.15, 0.2) is 77.4 Å². The zero-order valence-electron chi connectivity index (χ0n) is 19.8. The van der Waals surface area contributed by atoms with E-state index >= 15 is 0 Å². The van der Waals surface area contributed by atoms with Gasteiger partial charge in [0.05, 0.1) is 18.2 Å². The maximum absolute atomic E-state index is 14.2. The average molecular weight is 467 g/mol. The number of carbonyl (C=O) groups is 3. The highest BCUT2D eigenvalue weighted by Crippen LogP contribution is 2.58. The maximum Gasteiger partial charge on any atom is 0.238 e. The van der Waals surface area contributed by atoms with Crippen molar-refractivity contribution >= 4 is 34.9 Å². The summed E-state index contributed by atoms with van der Waals surface area (Å²) >= 11 is 0. The second kappa shape index (κ2) is 7.28. The third-order valence-corrected chi connectivity index (χ3v) is 7.60. The van der Waals surface area contributed by atoms with E-state index in [1.807, 2.05) is 86.4 Å². The van der Waals surface area contributed by atoms with E-state index in [-0.39, 0.29) is 23.2 Å². The molecule has 1 aromatic heterocycles. The Morgan fingerprint density at radius 3 is 2.49 bits per heavy atom. The number of fused-ring (bicyclic) bond motifs is 6. The van der Waals surface area contributed by atoms with Crippen LogP contribution >= 0.6 is 0 Å².